The molecule has 0 radical (unpaired) electrons. The van der Waals surface area contributed by atoms with Gasteiger partial charge in [0.1, 0.15) is 5.75 Å². The van der Waals surface area contributed by atoms with Gasteiger partial charge in [0, 0.05) is 37.4 Å². The summed E-state index contributed by atoms with van der Waals surface area (Å²) in [7, 11) is 0. The molecule has 1 N–H and O–H groups in total. The Morgan fingerprint density at radius 3 is 2.47 bits per heavy atom. The number of benzene rings is 2. The second-order valence-corrected chi connectivity index (χ2v) is 7.79. The molecule has 3 rings (SSSR count). The van der Waals surface area contributed by atoms with Crippen LogP contribution in [0.2, 0.25) is 0 Å². The van der Waals surface area contributed by atoms with Crippen molar-refractivity contribution >= 4 is 17.5 Å². The molecular formula is C25H30N4O3. The summed E-state index contributed by atoms with van der Waals surface area (Å²) < 4.78 is 5.61. The number of carbonyl (C=O) groups is 2. The summed E-state index contributed by atoms with van der Waals surface area (Å²) >= 11 is 0. The zero-order valence-electron chi connectivity index (χ0n) is 18.5. The van der Waals surface area contributed by atoms with Crippen molar-refractivity contribution in [3.05, 3.63) is 59.7 Å². The second-order valence-electron chi connectivity index (χ2n) is 7.79. The van der Waals surface area contributed by atoms with Gasteiger partial charge in [0.15, 0.2) is 0 Å². The van der Waals surface area contributed by atoms with Gasteiger partial charge in [-0.25, -0.2) is 0 Å². The number of hydrogen-bond donors (Lipinski definition) is 1. The fraction of sp³-hybridized carbons (Fsp3) is 0.400. The highest BCUT2D eigenvalue weighted by molar-refractivity contribution is 5.96. The van der Waals surface area contributed by atoms with E-state index in [1.165, 1.54) is 0 Å². The van der Waals surface area contributed by atoms with Crippen molar-refractivity contribution in [1.29, 1.82) is 5.26 Å². The van der Waals surface area contributed by atoms with Gasteiger partial charge in [0.2, 0.25) is 5.91 Å². The second kappa shape index (κ2) is 11.8. The summed E-state index contributed by atoms with van der Waals surface area (Å²) in [5.74, 6) is 0.384. The summed E-state index contributed by atoms with van der Waals surface area (Å²) in [6.45, 7) is 5.55. The first-order chi connectivity index (χ1) is 15.6. The lowest BCUT2D eigenvalue weighted by Gasteiger charge is -2.24. The number of nitriles is 1. The first-order valence-corrected chi connectivity index (χ1v) is 11.1. The molecule has 0 aromatic heterocycles. The van der Waals surface area contributed by atoms with Gasteiger partial charge < -0.3 is 19.9 Å². The highest BCUT2D eigenvalue weighted by Crippen LogP contribution is 2.17. The van der Waals surface area contributed by atoms with Gasteiger partial charge in [-0.3, -0.25) is 9.59 Å². The lowest BCUT2D eigenvalue weighted by Crippen LogP contribution is -2.42. The average Bonchev–Trinajstić information content (AvgIpc) is 3.09. The van der Waals surface area contributed by atoms with Crippen molar-refractivity contribution in [3.8, 4) is 11.8 Å². The zero-order valence-corrected chi connectivity index (χ0v) is 18.5. The molecule has 32 heavy (non-hydrogen) atoms. The highest BCUT2D eigenvalue weighted by atomic mass is 16.5. The van der Waals surface area contributed by atoms with E-state index in [1.807, 2.05) is 24.3 Å². The van der Waals surface area contributed by atoms with E-state index >= 15 is 0 Å². The Kier molecular flexibility index (Phi) is 8.50. The van der Waals surface area contributed by atoms with Crippen molar-refractivity contribution in [2.45, 2.75) is 26.2 Å². The van der Waals surface area contributed by atoms with Crippen molar-refractivity contribution in [2.75, 3.05) is 44.2 Å². The van der Waals surface area contributed by atoms with Gasteiger partial charge in [-0.1, -0.05) is 13.3 Å². The molecule has 2 aromatic rings. The molecule has 0 bridgehead atoms. The van der Waals surface area contributed by atoms with E-state index < -0.39 is 0 Å². The monoisotopic (exact) mass is 434 g/mol. The summed E-state index contributed by atoms with van der Waals surface area (Å²) in [6.07, 6.45) is 2.91. The maximum atomic E-state index is 12.7. The molecule has 0 saturated carbocycles. The summed E-state index contributed by atoms with van der Waals surface area (Å²) in [4.78, 5) is 29.1. The number of ether oxygens (including phenoxy) is 1. The largest absolute Gasteiger partial charge is 0.494 e. The smallest absolute Gasteiger partial charge is 0.251 e. The summed E-state index contributed by atoms with van der Waals surface area (Å²) in [5.41, 5.74) is 2.19. The predicted molar refractivity (Wildman–Crippen MR) is 124 cm³/mol. The Morgan fingerprint density at radius 1 is 1.03 bits per heavy atom. The fourth-order valence-corrected chi connectivity index (χ4v) is 3.58. The first-order valence-electron chi connectivity index (χ1n) is 11.1. The van der Waals surface area contributed by atoms with E-state index in [2.05, 4.69) is 23.2 Å². The molecule has 2 aromatic carbocycles. The van der Waals surface area contributed by atoms with Crippen LogP contribution in [0.4, 0.5) is 5.69 Å². The first kappa shape index (κ1) is 23.1. The number of nitrogens with zero attached hydrogens (tertiary/aromatic N) is 3. The number of rotatable bonds is 8. The maximum Gasteiger partial charge on any atom is 0.251 e. The molecule has 1 aliphatic heterocycles. The molecule has 0 atom stereocenters. The van der Waals surface area contributed by atoms with E-state index in [0.29, 0.717) is 37.4 Å². The van der Waals surface area contributed by atoms with Crippen molar-refractivity contribution in [3.63, 3.8) is 0 Å². The third-order valence-corrected chi connectivity index (χ3v) is 5.49. The summed E-state index contributed by atoms with van der Waals surface area (Å²) in [6, 6.07) is 16.6. The molecule has 1 aliphatic rings. The molecule has 1 heterocycles. The Labute approximate surface area is 189 Å². The van der Waals surface area contributed by atoms with Crippen LogP contribution in [0.1, 0.15) is 42.1 Å². The van der Waals surface area contributed by atoms with Crippen LogP contribution < -0.4 is 15.0 Å². The lowest BCUT2D eigenvalue weighted by molar-refractivity contribution is -0.129. The Morgan fingerprint density at radius 2 is 1.78 bits per heavy atom. The van der Waals surface area contributed by atoms with Gasteiger partial charge in [-0.15, -0.1) is 0 Å². The van der Waals surface area contributed by atoms with Crippen LogP contribution in [0.3, 0.4) is 0 Å². The van der Waals surface area contributed by atoms with Crippen LogP contribution in [0.5, 0.6) is 5.75 Å². The standard InChI is InChI=1S/C25H30N4O3/c1-2-3-17-32-23-11-7-21(8-12-23)25(31)27-19-24(30)29-14-4-13-28(15-16-29)22-9-5-20(18-26)6-10-22/h5-12H,2-4,13-17,19H2,1H3,(H,27,31). The molecule has 1 fully saturated rings. The van der Waals surface area contributed by atoms with E-state index in [-0.39, 0.29) is 18.4 Å². The molecule has 7 heteroatoms. The Hall–Kier alpha value is -3.53. The quantitative estimate of drug-likeness (QED) is 0.645. The zero-order chi connectivity index (χ0) is 22.8. The summed E-state index contributed by atoms with van der Waals surface area (Å²) in [5, 5.41) is 11.7. The number of carbonyl (C=O) groups excluding carboxylic acids is 2. The minimum Gasteiger partial charge on any atom is -0.494 e. The average molecular weight is 435 g/mol. The fourth-order valence-electron chi connectivity index (χ4n) is 3.58. The van der Waals surface area contributed by atoms with Crippen LogP contribution in [0.15, 0.2) is 48.5 Å². The van der Waals surface area contributed by atoms with Crippen LogP contribution in [-0.4, -0.2) is 56.0 Å². The number of amides is 2. The van der Waals surface area contributed by atoms with E-state index in [9.17, 15) is 9.59 Å². The van der Waals surface area contributed by atoms with E-state index in [1.54, 1.807) is 29.2 Å². The molecule has 0 unspecified atom stereocenters. The normalized spacial score (nSPS) is 13.8. The highest BCUT2D eigenvalue weighted by Gasteiger charge is 2.20. The molecule has 0 spiro atoms. The van der Waals surface area contributed by atoms with Crippen LogP contribution in [-0.2, 0) is 4.79 Å². The SMILES string of the molecule is CCCCOc1ccc(C(=O)NCC(=O)N2CCCN(c3ccc(C#N)cc3)CC2)cc1. The third kappa shape index (κ3) is 6.48. The number of nitrogens with one attached hydrogen (secondary N) is 1. The topological polar surface area (TPSA) is 85.7 Å². The minimum atomic E-state index is -0.271. The van der Waals surface area contributed by atoms with Crippen molar-refractivity contribution < 1.29 is 14.3 Å². The molecular weight excluding hydrogens is 404 g/mol. The van der Waals surface area contributed by atoms with Crippen molar-refractivity contribution in [2.24, 2.45) is 0 Å². The molecule has 7 nitrogen and oxygen atoms in total. The van der Waals surface area contributed by atoms with Gasteiger partial charge in [-0.05, 0) is 61.4 Å². The number of hydrogen-bond acceptors (Lipinski definition) is 5. The minimum absolute atomic E-state index is 0.0234. The van der Waals surface area contributed by atoms with Gasteiger partial charge >= 0.3 is 0 Å². The van der Waals surface area contributed by atoms with Gasteiger partial charge in [0.05, 0.1) is 24.8 Å². The third-order valence-electron chi connectivity index (χ3n) is 5.49. The maximum absolute atomic E-state index is 12.7. The number of anilines is 1. The van der Waals surface area contributed by atoms with Gasteiger partial charge in [0.25, 0.3) is 5.91 Å². The van der Waals surface area contributed by atoms with Crippen LogP contribution in [0.25, 0.3) is 0 Å². The predicted octanol–water partition coefficient (Wildman–Crippen LogP) is 3.21. The molecule has 0 aliphatic carbocycles. The number of unbranched alkanes of at least 4 members (excludes halogenated alkanes) is 1. The van der Waals surface area contributed by atoms with E-state index in [4.69, 9.17) is 10.00 Å². The van der Waals surface area contributed by atoms with Crippen LogP contribution in [0, 0.1) is 11.3 Å². The Balaban J connectivity index is 1.46. The Bertz CT molecular complexity index is 935. The molecule has 1 saturated heterocycles. The lowest BCUT2D eigenvalue weighted by atomic mass is 10.2. The van der Waals surface area contributed by atoms with Gasteiger partial charge in [-0.2, -0.15) is 5.26 Å². The van der Waals surface area contributed by atoms with Crippen LogP contribution >= 0.6 is 0 Å². The van der Waals surface area contributed by atoms with E-state index in [0.717, 1.165) is 37.2 Å². The molecule has 2 amide bonds. The molecule has 168 valence electrons. The van der Waals surface area contributed by atoms with Crippen molar-refractivity contribution in [1.82, 2.24) is 10.2 Å².